The molecule has 4 aromatic rings. The third-order valence-electron chi connectivity index (χ3n) is 6.31. The van der Waals surface area contributed by atoms with Crippen molar-refractivity contribution in [2.75, 3.05) is 23.9 Å². The number of ether oxygens (including phenoxy) is 1. The summed E-state index contributed by atoms with van der Waals surface area (Å²) in [5, 5.41) is 3.30. The summed E-state index contributed by atoms with van der Waals surface area (Å²) in [5.41, 5.74) is 1.80. The molecule has 1 amide bonds. The fourth-order valence-electron chi connectivity index (χ4n) is 4.46. The van der Waals surface area contributed by atoms with Gasteiger partial charge in [0.2, 0.25) is 5.91 Å². The summed E-state index contributed by atoms with van der Waals surface area (Å²) >= 11 is 0. The number of fused-ring (bicyclic) bond motifs is 1. The molecule has 0 spiro atoms. The van der Waals surface area contributed by atoms with E-state index in [1.54, 1.807) is 54.7 Å². The summed E-state index contributed by atoms with van der Waals surface area (Å²) in [7, 11) is 3.15. The summed E-state index contributed by atoms with van der Waals surface area (Å²) < 4.78 is 45.7. The van der Waals surface area contributed by atoms with Gasteiger partial charge in [0, 0.05) is 49.9 Å². The Bertz CT molecular complexity index is 1500. The molecule has 1 unspecified atom stereocenters. The van der Waals surface area contributed by atoms with Crippen molar-refractivity contribution in [2.24, 2.45) is 7.05 Å². The van der Waals surface area contributed by atoms with Gasteiger partial charge < -0.3 is 14.6 Å². The van der Waals surface area contributed by atoms with Crippen molar-refractivity contribution in [1.29, 1.82) is 0 Å². The maximum absolute atomic E-state index is 13.1. The number of nitrogens with one attached hydrogen (secondary N) is 1. The van der Waals surface area contributed by atoms with Crippen molar-refractivity contribution in [3.8, 4) is 22.8 Å². The van der Waals surface area contributed by atoms with E-state index in [2.05, 4.69) is 20.3 Å². The number of hydrogen-bond acceptors (Lipinski definition) is 7. The number of carbonyl (C=O) groups is 1. The zero-order valence-electron chi connectivity index (χ0n) is 21.5. The van der Waals surface area contributed by atoms with Crippen molar-refractivity contribution in [3.05, 3.63) is 71.8 Å². The number of alkyl halides is 3. The van der Waals surface area contributed by atoms with Crippen molar-refractivity contribution < 1.29 is 22.7 Å². The molecular weight excluding hydrogens is 511 g/mol. The topological polar surface area (TPSA) is 98.1 Å². The van der Waals surface area contributed by atoms with E-state index in [4.69, 9.17) is 9.72 Å². The van der Waals surface area contributed by atoms with Crippen LogP contribution in [0.3, 0.4) is 0 Å². The first-order chi connectivity index (χ1) is 18.6. The summed E-state index contributed by atoms with van der Waals surface area (Å²) in [6.07, 6.45) is -0.0403. The lowest BCUT2D eigenvalue weighted by Crippen LogP contribution is -2.26. The van der Waals surface area contributed by atoms with E-state index >= 15 is 0 Å². The minimum atomic E-state index is -4.52. The number of rotatable bonds is 8. The van der Waals surface area contributed by atoms with Crippen molar-refractivity contribution >= 4 is 17.5 Å². The molecule has 3 aromatic heterocycles. The molecule has 9 nitrogen and oxygen atoms in total. The highest BCUT2D eigenvalue weighted by molar-refractivity contribution is 6.00. The highest BCUT2D eigenvalue weighted by atomic mass is 19.4. The maximum atomic E-state index is 13.1. The first-order valence-electron chi connectivity index (χ1n) is 12.2. The first-order valence-corrected chi connectivity index (χ1v) is 12.2. The normalized spacial score (nSPS) is 14.0. The lowest BCUT2D eigenvalue weighted by Gasteiger charge is -2.18. The van der Waals surface area contributed by atoms with E-state index in [-0.39, 0.29) is 30.7 Å². The number of hydrogen-bond donors (Lipinski definition) is 1. The number of imidazole rings is 1. The number of benzene rings is 1. The lowest BCUT2D eigenvalue weighted by atomic mass is 10.1. The molecular formula is C27H26F3N7O2. The molecule has 12 heteroatoms. The van der Waals surface area contributed by atoms with Crippen LogP contribution in [0.15, 0.2) is 55.0 Å². The molecule has 0 saturated heterocycles. The Morgan fingerprint density at radius 3 is 2.59 bits per heavy atom. The molecule has 1 aromatic carbocycles. The number of aryl methyl sites for hydroxylation is 1. The second-order valence-corrected chi connectivity index (χ2v) is 9.35. The molecule has 1 N–H and O–H groups in total. The summed E-state index contributed by atoms with van der Waals surface area (Å²) in [6.45, 7) is 2.71. The fourth-order valence-corrected chi connectivity index (χ4v) is 4.46. The van der Waals surface area contributed by atoms with Crippen LogP contribution in [-0.2, 0) is 35.7 Å². The van der Waals surface area contributed by atoms with E-state index in [1.165, 1.54) is 11.6 Å². The predicted molar refractivity (Wildman–Crippen MR) is 139 cm³/mol. The Morgan fingerprint density at radius 1 is 1.13 bits per heavy atom. The Kier molecular flexibility index (Phi) is 7.04. The van der Waals surface area contributed by atoms with E-state index in [0.717, 1.165) is 17.3 Å². The number of anilines is 2. The number of pyridine rings is 1. The quantitative estimate of drug-likeness (QED) is 0.354. The molecule has 202 valence electrons. The molecule has 1 aliphatic rings. The minimum absolute atomic E-state index is 0.00458. The van der Waals surface area contributed by atoms with Crippen LogP contribution < -0.4 is 10.2 Å². The molecule has 39 heavy (non-hydrogen) atoms. The van der Waals surface area contributed by atoms with Gasteiger partial charge in [-0.3, -0.25) is 9.69 Å². The van der Waals surface area contributed by atoms with Crippen LogP contribution in [0.5, 0.6) is 0 Å². The van der Waals surface area contributed by atoms with Gasteiger partial charge in [0.05, 0.1) is 25.1 Å². The van der Waals surface area contributed by atoms with Crippen LogP contribution in [0, 0.1) is 0 Å². The Morgan fingerprint density at radius 2 is 1.90 bits per heavy atom. The number of aromatic nitrogens is 5. The van der Waals surface area contributed by atoms with E-state index in [0.29, 0.717) is 35.2 Å². The molecule has 4 heterocycles. The fraction of sp³-hybridized carbons (Fsp3) is 0.296. The van der Waals surface area contributed by atoms with E-state index in [1.807, 2.05) is 13.0 Å². The predicted octanol–water partition coefficient (Wildman–Crippen LogP) is 4.49. The average Bonchev–Trinajstić information content (AvgIpc) is 3.44. The second-order valence-electron chi connectivity index (χ2n) is 9.35. The highest BCUT2D eigenvalue weighted by Gasteiger charge is 2.34. The number of halogens is 3. The van der Waals surface area contributed by atoms with Gasteiger partial charge in [-0.1, -0.05) is 24.3 Å². The van der Waals surface area contributed by atoms with Crippen LogP contribution in [0.2, 0.25) is 0 Å². The molecule has 0 aliphatic carbocycles. The largest absolute Gasteiger partial charge is 0.434 e. The monoisotopic (exact) mass is 537 g/mol. The van der Waals surface area contributed by atoms with Gasteiger partial charge in [-0.2, -0.15) is 13.2 Å². The molecule has 1 aliphatic heterocycles. The van der Waals surface area contributed by atoms with Crippen LogP contribution in [-0.4, -0.2) is 50.2 Å². The number of nitrogens with zero attached hydrogens (tertiary/aromatic N) is 6. The van der Waals surface area contributed by atoms with Crippen LogP contribution >= 0.6 is 0 Å². The van der Waals surface area contributed by atoms with Gasteiger partial charge in [0.25, 0.3) is 0 Å². The standard InChI is InChI=1S/C27H26F3N7O2/c1-16(15-39-3)33-23-20(5-4-10-31-23)24-32-12-19-11-22(38)37(26(19)35-24)13-17-6-8-18(9-7-17)25-34-21(14-36(25)2)27(28,29)30/h4-10,12,14,16H,11,13,15H2,1-3H3,(H,31,33). The summed E-state index contributed by atoms with van der Waals surface area (Å²) in [4.78, 5) is 31.9. The van der Waals surface area contributed by atoms with E-state index < -0.39 is 11.9 Å². The van der Waals surface area contributed by atoms with Crippen molar-refractivity contribution in [3.63, 3.8) is 0 Å². The summed E-state index contributed by atoms with van der Waals surface area (Å²) in [6, 6.07) is 10.6. The van der Waals surface area contributed by atoms with E-state index in [9.17, 15) is 18.0 Å². The average molecular weight is 538 g/mol. The third-order valence-corrected chi connectivity index (χ3v) is 6.31. The van der Waals surface area contributed by atoms with Gasteiger partial charge in [-0.15, -0.1) is 0 Å². The first kappa shape index (κ1) is 26.3. The zero-order valence-corrected chi connectivity index (χ0v) is 21.5. The zero-order chi connectivity index (χ0) is 27.7. The molecule has 0 fully saturated rings. The molecule has 0 bridgehead atoms. The lowest BCUT2D eigenvalue weighted by molar-refractivity contribution is -0.140. The van der Waals surface area contributed by atoms with Gasteiger partial charge >= 0.3 is 6.18 Å². The SMILES string of the molecule is COCC(C)Nc1ncccc1-c1ncc2c(n1)N(Cc1ccc(-c3nc(C(F)(F)F)cn3C)cc1)C(=O)C2. The second kappa shape index (κ2) is 10.4. The van der Waals surface area contributed by atoms with Gasteiger partial charge in [0.15, 0.2) is 11.5 Å². The molecule has 0 radical (unpaired) electrons. The molecule has 1 atom stereocenters. The van der Waals surface area contributed by atoms with Gasteiger partial charge in [-0.05, 0) is 24.6 Å². The van der Waals surface area contributed by atoms with Crippen LogP contribution in [0.4, 0.5) is 24.8 Å². The van der Waals surface area contributed by atoms with Gasteiger partial charge in [-0.25, -0.2) is 19.9 Å². The molecule has 5 rings (SSSR count). The number of methoxy groups -OCH3 is 1. The minimum Gasteiger partial charge on any atom is -0.383 e. The van der Waals surface area contributed by atoms with Crippen molar-refractivity contribution in [1.82, 2.24) is 24.5 Å². The van der Waals surface area contributed by atoms with Gasteiger partial charge in [0.1, 0.15) is 17.5 Å². The van der Waals surface area contributed by atoms with Crippen LogP contribution in [0.1, 0.15) is 23.7 Å². The van der Waals surface area contributed by atoms with Crippen molar-refractivity contribution in [2.45, 2.75) is 32.1 Å². The molecule has 0 saturated carbocycles. The Labute approximate surface area is 222 Å². The number of amides is 1. The number of carbonyl (C=O) groups excluding carboxylic acids is 1. The smallest absolute Gasteiger partial charge is 0.383 e. The highest BCUT2D eigenvalue weighted by Crippen LogP contribution is 2.33. The Hall–Kier alpha value is -4.32. The summed E-state index contributed by atoms with van der Waals surface area (Å²) in [5.74, 6) is 1.65. The van der Waals surface area contributed by atoms with Crippen LogP contribution in [0.25, 0.3) is 22.8 Å². The maximum Gasteiger partial charge on any atom is 0.434 e. The third kappa shape index (κ3) is 5.46. The Balaban J connectivity index is 1.39.